The Morgan fingerprint density at radius 1 is 1.43 bits per heavy atom. The average molecular weight is 353 g/mol. The van der Waals surface area contributed by atoms with Gasteiger partial charge >= 0.3 is 5.97 Å². The molecule has 0 spiro atoms. The van der Waals surface area contributed by atoms with Gasteiger partial charge < -0.3 is 9.84 Å². The van der Waals surface area contributed by atoms with Crippen molar-refractivity contribution in [3.05, 3.63) is 33.0 Å². The average Bonchev–Trinajstić information content (AvgIpc) is 3.24. The molecule has 110 valence electrons. The molecule has 1 aromatic carbocycles. The number of aryl methyl sites for hydroxylation is 1. The normalized spacial score (nSPS) is 14.3. The molecule has 0 saturated heterocycles. The molecular weight excluding hydrogens is 340 g/mol. The van der Waals surface area contributed by atoms with Crippen molar-refractivity contribution in [2.45, 2.75) is 31.9 Å². The molecule has 1 aliphatic rings. The molecule has 3 rings (SSSR count). The highest BCUT2D eigenvalue weighted by molar-refractivity contribution is 9.10. The van der Waals surface area contributed by atoms with E-state index in [-0.39, 0.29) is 24.6 Å². The van der Waals surface area contributed by atoms with Crippen LogP contribution in [0.2, 0.25) is 0 Å². The second-order valence-electron chi connectivity index (χ2n) is 4.98. The summed E-state index contributed by atoms with van der Waals surface area (Å²) < 4.78 is 7.76. The number of ether oxygens (including phenoxy) is 1. The van der Waals surface area contributed by atoms with Crippen LogP contribution in [0.5, 0.6) is 5.88 Å². The highest BCUT2D eigenvalue weighted by atomic mass is 79.9. The minimum absolute atomic E-state index is 0.0290. The molecule has 1 N–H and O–H groups in total. The molecule has 7 heteroatoms. The predicted octanol–water partition coefficient (Wildman–Crippen LogP) is 2.17. The van der Waals surface area contributed by atoms with Gasteiger partial charge in [-0.25, -0.2) is 4.68 Å². The lowest BCUT2D eigenvalue weighted by Gasteiger charge is -2.11. The SMILES string of the molecule is O=C(O)CCn1nc(OC2CC2)c2cc(Br)ccc2c1=O. The van der Waals surface area contributed by atoms with Gasteiger partial charge in [0.15, 0.2) is 0 Å². The summed E-state index contributed by atoms with van der Waals surface area (Å²) in [6, 6.07) is 5.26. The first-order chi connectivity index (χ1) is 10.0. The summed E-state index contributed by atoms with van der Waals surface area (Å²) >= 11 is 3.37. The van der Waals surface area contributed by atoms with Crippen molar-refractivity contribution in [2.24, 2.45) is 0 Å². The van der Waals surface area contributed by atoms with Gasteiger partial charge in [-0.1, -0.05) is 15.9 Å². The third kappa shape index (κ3) is 3.07. The van der Waals surface area contributed by atoms with Crippen LogP contribution in [0.3, 0.4) is 0 Å². The van der Waals surface area contributed by atoms with E-state index in [0.29, 0.717) is 16.7 Å². The number of carboxylic acids is 1. The van der Waals surface area contributed by atoms with Gasteiger partial charge in [-0.15, -0.1) is 5.10 Å². The van der Waals surface area contributed by atoms with Crippen LogP contribution >= 0.6 is 15.9 Å². The fourth-order valence-corrected chi connectivity index (χ4v) is 2.37. The molecule has 0 radical (unpaired) electrons. The van der Waals surface area contributed by atoms with Gasteiger partial charge in [0.05, 0.1) is 23.7 Å². The van der Waals surface area contributed by atoms with E-state index in [0.717, 1.165) is 17.3 Å². The minimum Gasteiger partial charge on any atom is -0.481 e. The highest BCUT2D eigenvalue weighted by Gasteiger charge is 2.26. The fourth-order valence-electron chi connectivity index (χ4n) is 2.01. The van der Waals surface area contributed by atoms with Gasteiger partial charge in [0.1, 0.15) is 6.10 Å². The Morgan fingerprint density at radius 3 is 2.86 bits per heavy atom. The summed E-state index contributed by atoms with van der Waals surface area (Å²) in [7, 11) is 0. The Bertz CT molecular complexity index is 767. The van der Waals surface area contributed by atoms with E-state index in [1.54, 1.807) is 18.2 Å². The van der Waals surface area contributed by atoms with Gasteiger partial charge in [0.25, 0.3) is 5.56 Å². The molecular formula is C14H13BrN2O4. The lowest BCUT2D eigenvalue weighted by molar-refractivity contribution is -0.137. The molecule has 21 heavy (non-hydrogen) atoms. The first-order valence-electron chi connectivity index (χ1n) is 6.63. The number of rotatable bonds is 5. The number of aromatic nitrogens is 2. The minimum atomic E-state index is -0.968. The van der Waals surface area contributed by atoms with E-state index in [1.807, 2.05) is 0 Å². The largest absolute Gasteiger partial charge is 0.481 e. The molecule has 1 saturated carbocycles. The van der Waals surface area contributed by atoms with Crippen LogP contribution in [0.1, 0.15) is 19.3 Å². The standard InChI is InChI=1S/C14H13BrN2O4/c15-8-1-4-10-11(7-8)13(21-9-2-3-9)16-17(14(10)20)6-5-12(18)19/h1,4,7,9H,2-3,5-6H2,(H,18,19). The van der Waals surface area contributed by atoms with E-state index in [4.69, 9.17) is 9.84 Å². The van der Waals surface area contributed by atoms with Crippen molar-refractivity contribution in [1.82, 2.24) is 9.78 Å². The number of hydrogen-bond donors (Lipinski definition) is 1. The topological polar surface area (TPSA) is 81.4 Å². The second kappa shape index (κ2) is 5.48. The zero-order chi connectivity index (χ0) is 15.0. The number of benzene rings is 1. The van der Waals surface area contributed by atoms with Gasteiger partial charge in [-0.3, -0.25) is 9.59 Å². The zero-order valence-corrected chi connectivity index (χ0v) is 12.7. The molecule has 0 unspecified atom stereocenters. The van der Waals surface area contributed by atoms with Gasteiger partial charge in [0.2, 0.25) is 5.88 Å². The van der Waals surface area contributed by atoms with E-state index in [2.05, 4.69) is 21.0 Å². The Hall–Kier alpha value is -1.89. The Kier molecular flexibility index (Phi) is 3.67. The predicted molar refractivity (Wildman–Crippen MR) is 79.6 cm³/mol. The first kappa shape index (κ1) is 14.1. The third-order valence-electron chi connectivity index (χ3n) is 3.23. The van der Waals surface area contributed by atoms with Crippen LogP contribution in [-0.4, -0.2) is 27.0 Å². The van der Waals surface area contributed by atoms with E-state index in [9.17, 15) is 9.59 Å². The van der Waals surface area contributed by atoms with Crippen molar-refractivity contribution < 1.29 is 14.6 Å². The van der Waals surface area contributed by atoms with Crippen LogP contribution in [0.25, 0.3) is 10.8 Å². The molecule has 1 fully saturated rings. The van der Waals surface area contributed by atoms with Crippen LogP contribution in [0.15, 0.2) is 27.5 Å². The van der Waals surface area contributed by atoms with Crippen LogP contribution in [-0.2, 0) is 11.3 Å². The van der Waals surface area contributed by atoms with E-state index in [1.165, 1.54) is 4.68 Å². The molecule has 1 aliphatic carbocycles. The molecule has 0 amide bonds. The fraction of sp³-hybridized carbons (Fsp3) is 0.357. The van der Waals surface area contributed by atoms with Crippen molar-refractivity contribution in [3.8, 4) is 5.88 Å². The highest BCUT2D eigenvalue weighted by Crippen LogP contribution is 2.30. The van der Waals surface area contributed by atoms with Gasteiger partial charge in [-0.05, 0) is 31.0 Å². The van der Waals surface area contributed by atoms with Crippen molar-refractivity contribution >= 4 is 32.7 Å². The maximum absolute atomic E-state index is 12.3. The summed E-state index contributed by atoms with van der Waals surface area (Å²) in [6.07, 6.45) is 1.94. The third-order valence-corrected chi connectivity index (χ3v) is 3.72. The lowest BCUT2D eigenvalue weighted by Crippen LogP contribution is -2.25. The smallest absolute Gasteiger partial charge is 0.305 e. The second-order valence-corrected chi connectivity index (χ2v) is 5.90. The van der Waals surface area contributed by atoms with E-state index >= 15 is 0 Å². The summed E-state index contributed by atoms with van der Waals surface area (Å²) in [4.78, 5) is 23.0. The number of fused-ring (bicyclic) bond motifs is 1. The van der Waals surface area contributed by atoms with Crippen LogP contribution < -0.4 is 10.3 Å². The summed E-state index contributed by atoms with van der Waals surface area (Å²) in [5, 5.41) is 14.1. The van der Waals surface area contributed by atoms with Crippen molar-refractivity contribution in [2.75, 3.05) is 0 Å². The summed E-state index contributed by atoms with van der Waals surface area (Å²) in [5.41, 5.74) is -0.304. The Morgan fingerprint density at radius 2 is 2.19 bits per heavy atom. The number of halogens is 1. The molecule has 1 heterocycles. The Labute approximate surface area is 128 Å². The number of hydrogen-bond acceptors (Lipinski definition) is 4. The molecule has 0 atom stereocenters. The zero-order valence-electron chi connectivity index (χ0n) is 11.1. The maximum Gasteiger partial charge on any atom is 0.305 e. The molecule has 0 bridgehead atoms. The summed E-state index contributed by atoms with van der Waals surface area (Å²) in [5.74, 6) is -0.581. The Balaban J connectivity index is 2.10. The van der Waals surface area contributed by atoms with Crippen LogP contribution in [0.4, 0.5) is 0 Å². The first-order valence-corrected chi connectivity index (χ1v) is 7.43. The van der Waals surface area contributed by atoms with Crippen molar-refractivity contribution in [1.29, 1.82) is 0 Å². The molecule has 0 aliphatic heterocycles. The molecule has 6 nitrogen and oxygen atoms in total. The van der Waals surface area contributed by atoms with Crippen molar-refractivity contribution in [3.63, 3.8) is 0 Å². The maximum atomic E-state index is 12.3. The molecule has 2 aromatic rings. The number of aliphatic carboxylic acids is 1. The number of nitrogens with zero attached hydrogens (tertiary/aromatic N) is 2. The number of carboxylic acid groups (broad SMARTS) is 1. The quantitative estimate of drug-likeness (QED) is 0.891. The molecule has 1 aromatic heterocycles. The van der Waals surface area contributed by atoms with Gasteiger partial charge in [0, 0.05) is 4.47 Å². The van der Waals surface area contributed by atoms with E-state index < -0.39 is 5.97 Å². The van der Waals surface area contributed by atoms with Crippen LogP contribution in [0, 0.1) is 0 Å². The lowest BCUT2D eigenvalue weighted by atomic mass is 10.2. The number of carbonyl (C=O) groups is 1. The monoisotopic (exact) mass is 352 g/mol. The van der Waals surface area contributed by atoms with Gasteiger partial charge in [-0.2, -0.15) is 0 Å². The summed E-state index contributed by atoms with van der Waals surface area (Å²) in [6.45, 7) is 0.0290.